The summed E-state index contributed by atoms with van der Waals surface area (Å²) in [6, 6.07) is 3.74. The quantitative estimate of drug-likeness (QED) is 0.448. The van der Waals surface area contributed by atoms with Crippen LogP contribution in [0.2, 0.25) is 0 Å². The van der Waals surface area contributed by atoms with E-state index in [0.717, 1.165) is 50.5 Å². The van der Waals surface area contributed by atoms with Crippen LogP contribution in [-0.2, 0) is 18.3 Å². The molecule has 11 heteroatoms. The van der Waals surface area contributed by atoms with E-state index in [4.69, 9.17) is 15.5 Å². The van der Waals surface area contributed by atoms with Gasteiger partial charge in [0.25, 0.3) is 5.56 Å². The lowest BCUT2D eigenvalue weighted by atomic mass is 10.1. The molecule has 11 nitrogen and oxygen atoms in total. The van der Waals surface area contributed by atoms with Crippen LogP contribution in [0, 0.1) is 0 Å². The maximum atomic E-state index is 12.9. The lowest BCUT2D eigenvalue weighted by molar-refractivity contribution is 0.0360. The number of anilines is 3. The van der Waals surface area contributed by atoms with E-state index >= 15 is 0 Å². The van der Waals surface area contributed by atoms with E-state index in [-0.39, 0.29) is 11.5 Å². The molecule has 0 bridgehead atoms. The van der Waals surface area contributed by atoms with Gasteiger partial charge < -0.3 is 20.4 Å². The summed E-state index contributed by atoms with van der Waals surface area (Å²) in [6.45, 7) is 5.09. The van der Waals surface area contributed by atoms with Crippen LogP contribution in [0.25, 0.3) is 22.0 Å². The van der Waals surface area contributed by atoms with Gasteiger partial charge in [0.05, 0.1) is 42.7 Å². The highest BCUT2D eigenvalue weighted by atomic mass is 16.5. The first-order valence-corrected chi connectivity index (χ1v) is 10.7. The minimum atomic E-state index is -0.137. The van der Waals surface area contributed by atoms with Crippen LogP contribution < -0.4 is 16.6 Å². The van der Waals surface area contributed by atoms with Gasteiger partial charge in [0.2, 0.25) is 5.95 Å². The van der Waals surface area contributed by atoms with E-state index in [1.165, 1.54) is 4.57 Å². The number of ether oxygens (including phenoxy) is 1. The number of morpholine rings is 1. The molecular weight excluding hydrogens is 422 g/mol. The zero-order chi connectivity index (χ0) is 22.8. The topological polar surface area (TPSA) is 129 Å². The lowest BCUT2D eigenvalue weighted by Gasteiger charge is -2.26. The van der Waals surface area contributed by atoms with Crippen LogP contribution in [-0.4, -0.2) is 67.0 Å². The second-order valence-corrected chi connectivity index (χ2v) is 7.95. The van der Waals surface area contributed by atoms with Crippen LogP contribution >= 0.6 is 0 Å². The zero-order valence-corrected chi connectivity index (χ0v) is 18.3. The molecule has 0 radical (unpaired) electrons. The molecule has 0 spiro atoms. The van der Waals surface area contributed by atoms with Crippen LogP contribution in [0.3, 0.4) is 0 Å². The molecule has 0 aromatic carbocycles. The molecule has 170 valence electrons. The number of pyridine rings is 2. The Morgan fingerprint density at radius 1 is 1.15 bits per heavy atom. The normalized spacial score (nSPS) is 14.6. The summed E-state index contributed by atoms with van der Waals surface area (Å²) in [4.78, 5) is 28.1. The van der Waals surface area contributed by atoms with Crippen molar-refractivity contribution < 1.29 is 4.74 Å². The zero-order valence-electron chi connectivity index (χ0n) is 18.3. The van der Waals surface area contributed by atoms with Gasteiger partial charge in [0.1, 0.15) is 5.82 Å². The number of nitrogens with one attached hydrogen (secondary N) is 1. The van der Waals surface area contributed by atoms with Gasteiger partial charge in [-0.1, -0.05) is 0 Å². The predicted molar refractivity (Wildman–Crippen MR) is 125 cm³/mol. The fraction of sp³-hybridized carbons (Fsp3) is 0.318. The van der Waals surface area contributed by atoms with Gasteiger partial charge in [-0.25, -0.2) is 15.0 Å². The average molecular weight is 448 g/mol. The largest absolute Gasteiger partial charge is 0.379 e. The van der Waals surface area contributed by atoms with E-state index in [2.05, 4.69) is 25.3 Å². The second-order valence-electron chi connectivity index (χ2n) is 7.95. The van der Waals surface area contributed by atoms with Crippen molar-refractivity contribution in [1.82, 2.24) is 34.2 Å². The molecule has 1 fully saturated rings. The number of rotatable bonds is 6. The average Bonchev–Trinajstić information content (AvgIpc) is 3.28. The minimum absolute atomic E-state index is 0.137. The van der Waals surface area contributed by atoms with E-state index in [1.807, 2.05) is 23.0 Å². The monoisotopic (exact) mass is 447 g/mol. The predicted octanol–water partition coefficient (Wildman–Crippen LogP) is 1.24. The third-order valence-corrected chi connectivity index (χ3v) is 5.67. The Balaban J connectivity index is 1.45. The maximum absolute atomic E-state index is 12.9. The Labute approximate surface area is 189 Å². The van der Waals surface area contributed by atoms with E-state index in [9.17, 15) is 4.79 Å². The summed E-state index contributed by atoms with van der Waals surface area (Å²) in [5, 5.41) is 9.01. The molecule has 0 saturated carbocycles. The molecule has 1 aliphatic heterocycles. The molecule has 0 atom stereocenters. The SMILES string of the molecule is Cn1ccc2cc(-c3cnc(N)nc3)nc(Nc3cnn(CCN4CCOCC4)c3)c2c1=O. The third-order valence-electron chi connectivity index (χ3n) is 5.67. The number of hydrogen-bond acceptors (Lipinski definition) is 9. The van der Waals surface area contributed by atoms with Crippen molar-refractivity contribution in [2.24, 2.45) is 7.05 Å². The molecule has 4 aromatic rings. The molecule has 33 heavy (non-hydrogen) atoms. The van der Waals surface area contributed by atoms with Crippen LogP contribution in [0.5, 0.6) is 0 Å². The van der Waals surface area contributed by atoms with Crippen molar-refractivity contribution in [2.45, 2.75) is 6.54 Å². The second kappa shape index (κ2) is 8.96. The first kappa shape index (κ1) is 21.0. The molecular formula is C22H25N9O2. The summed E-state index contributed by atoms with van der Waals surface area (Å²) in [5.74, 6) is 0.643. The summed E-state index contributed by atoms with van der Waals surface area (Å²) in [6.07, 6.45) is 8.62. The molecule has 0 amide bonds. The fourth-order valence-electron chi connectivity index (χ4n) is 3.82. The summed E-state index contributed by atoms with van der Waals surface area (Å²) in [7, 11) is 1.72. The highest BCUT2D eigenvalue weighted by Crippen LogP contribution is 2.27. The Bertz CT molecular complexity index is 1320. The molecule has 1 aliphatic rings. The van der Waals surface area contributed by atoms with E-state index in [1.54, 1.807) is 31.8 Å². The summed E-state index contributed by atoms with van der Waals surface area (Å²) in [5.41, 5.74) is 7.58. The van der Waals surface area contributed by atoms with Crippen LogP contribution in [0.15, 0.2) is 47.9 Å². The molecule has 4 aromatic heterocycles. The van der Waals surface area contributed by atoms with E-state index < -0.39 is 0 Å². The molecule has 1 saturated heterocycles. The smallest absolute Gasteiger partial charge is 0.261 e. The van der Waals surface area contributed by atoms with Gasteiger partial charge in [-0.3, -0.25) is 14.4 Å². The first-order chi connectivity index (χ1) is 16.1. The van der Waals surface area contributed by atoms with Crippen LogP contribution in [0.4, 0.5) is 17.5 Å². The summed E-state index contributed by atoms with van der Waals surface area (Å²) >= 11 is 0. The Morgan fingerprint density at radius 3 is 2.73 bits per heavy atom. The third kappa shape index (κ3) is 4.54. The van der Waals surface area contributed by atoms with Gasteiger partial charge in [0.15, 0.2) is 0 Å². The number of hydrogen-bond donors (Lipinski definition) is 2. The fourth-order valence-corrected chi connectivity index (χ4v) is 3.82. The number of fused-ring (bicyclic) bond motifs is 1. The van der Waals surface area contributed by atoms with Gasteiger partial charge in [-0.2, -0.15) is 5.10 Å². The number of nitrogens with zero attached hydrogens (tertiary/aromatic N) is 7. The highest BCUT2D eigenvalue weighted by molar-refractivity contribution is 5.95. The molecule has 5 rings (SSSR count). The van der Waals surface area contributed by atoms with Crippen molar-refractivity contribution >= 4 is 28.2 Å². The van der Waals surface area contributed by atoms with Gasteiger partial charge in [-0.05, 0) is 17.5 Å². The maximum Gasteiger partial charge on any atom is 0.261 e. The number of nitrogen functional groups attached to an aromatic ring is 1. The van der Waals surface area contributed by atoms with Crippen molar-refractivity contribution in [3.05, 3.63) is 53.5 Å². The van der Waals surface area contributed by atoms with Gasteiger partial charge >= 0.3 is 0 Å². The molecule has 0 unspecified atom stereocenters. The van der Waals surface area contributed by atoms with E-state index in [0.29, 0.717) is 22.5 Å². The highest BCUT2D eigenvalue weighted by Gasteiger charge is 2.14. The number of aromatic nitrogens is 6. The standard InChI is InChI=1S/C22H25N9O2/c1-29-3-2-15-10-18(16-11-24-22(23)25-12-16)28-20(19(15)21(29)32)27-17-13-26-31(14-17)5-4-30-6-8-33-9-7-30/h2-3,10-14H,4-9H2,1H3,(H,27,28)(H2,23,24,25). The number of aryl methyl sites for hydroxylation is 1. The van der Waals surface area contributed by atoms with Crippen molar-refractivity contribution in [3.63, 3.8) is 0 Å². The Morgan fingerprint density at radius 2 is 1.94 bits per heavy atom. The first-order valence-electron chi connectivity index (χ1n) is 10.7. The van der Waals surface area contributed by atoms with Gasteiger partial charge in [-0.15, -0.1) is 0 Å². The lowest BCUT2D eigenvalue weighted by Crippen LogP contribution is -2.38. The molecule has 0 aliphatic carbocycles. The van der Waals surface area contributed by atoms with Crippen molar-refractivity contribution in [2.75, 3.05) is 43.9 Å². The number of nitrogens with two attached hydrogens (primary N) is 1. The molecule has 5 heterocycles. The Hall–Kier alpha value is -3.83. The van der Waals surface area contributed by atoms with Crippen molar-refractivity contribution in [1.29, 1.82) is 0 Å². The van der Waals surface area contributed by atoms with Crippen LogP contribution in [0.1, 0.15) is 0 Å². The minimum Gasteiger partial charge on any atom is -0.379 e. The summed E-state index contributed by atoms with van der Waals surface area (Å²) < 4.78 is 8.82. The Kier molecular flexibility index (Phi) is 5.71. The van der Waals surface area contributed by atoms with Crippen molar-refractivity contribution in [3.8, 4) is 11.3 Å². The van der Waals surface area contributed by atoms with Gasteiger partial charge in [0, 0.05) is 57.0 Å². The molecule has 3 N–H and O–H groups in total.